The van der Waals surface area contributed by atoms with Crippen molar-refractivity contribution in [1.29, 1.82) is 0 Å². The van der Waals surface area contributed by atoms with E-state index >= 15 is 0 Å². The van der Waals surface area contributed by atoms with Gasteiger partial charge in [-0.05, 0) is 31.3 Å². The number of rotatable bonds is 1. The Bertz CT molecular complexity index is 160. The number of hydrogen-bond donors (Lipinski definition) is 0. The van der Waals surface area contributed by atoms with Crippen molar-refractivity contribution in [2.75, 3.05) is 6.61 Å². The van der Waals surface area contributed by atoms with E-state index in [9.17, 15) is 8.76 Å². The molecule has 11 heavy (non-hydrogen) atoms. The fraction of sp³-hybridized carbons (Fsp3) is 1.00. The molecule has 1 fully saturated rings. The first-order chi connectivity index (χ1) is 4.51. The van der Waals surface area contributed by atoms with Crippen molar-refractivity contribution < 1.29 is 43.1 Å². The van der Waals surface area contributed by atoms with E-state index in [1.54, 1.807) is 0 Å². The van der Waals surface area contributed by atoms with Gasteiger partial charge in [-0.25, -0.2) is 0 Å². The molecular formula is C6H11NaO3S. The first kappa shape index (κ1) is 12.1. The van der Waals surface area contributed by atoms with Crippen molar-refractivity contribution in [3.05, 3.63) is 0 Å². The molecule has 5 heteroatoms. The van der Waals surface area contributed by atoms with Gasteiger partial charge in [0.2, 0.25) is 0 Å². The molecule has 3 nitrogen and oxygen atoms in total. The van der Waals surface area contributed by atoms with Gasteiger partial charge in [0.15, 0.2) is 0 Å². The largest absolute Gasteiger partial charge is 1.00 e. The first-order valence-electron chi connectivity index (χ1n) is 3.23. The molecular weight excluding hydrogens is 175 g/mol. The summed E-state index contributed by atoms with van der Waals surface area (Å²) in [5.41, 5.74) is -0.245. The summed E-state index contributed by atoms with van der Waals surface area (Å²) in [6.45, 7) is 4.16. The molecule has 0 radical (unpaired) electrons. The second kappa shape index (κ2) is 4.35. The smallest absolute Gasteiger partial charge is 0.772 e. The van der Waals surface area contributed by atoms with Crippen LogP contribution in [0.3, 0.4) is 0 Å². The van der Waals surface area contributed by atoms with E-state index in [-0.39, 0.29) is 40.4 Å². The van der Waals surface area contributed by atoms with Gasteiger partial charge < -0.3 is 9.29 Å². The maximum absolute atomic E-state index is 10.4. The van der Waals surface area contributed by atoms with E-state index in [2.05, 4.69) is 0 Å². The number of ether oxygens (including phenoxy) is 1. The van der Waals surface area contributed by atoms with Crippen molar-refractivity contribution in [2.45, 2.75) is 31.1 Å². The van der Waals surface area contributed by atoms with E-state index in [4.69, 9.17) is 4.74 Å². The van der Waals surface area contributed by atoms with Crippen LogP contribution >= 0.6 is 0 Å². The summed E-state index contributed by atoms with van der Waals surface area (Å²) in [7, 11) is 0. The summed E-state index contributed by atoms with van der Waals surface area (Å²) in [4.78, 5) is 0. The average Bonchev–Trinajstić information content (AvgIpc) is 2.10. The molecule has 1 aliphatic heterocycles. The maximum Gasteiger partial charge on any atom is 1.00 e. The quantitative estimate of drug-likeness (QED) is 0.334. The predicted octanol–water partition coefficient (Wildman–Crippen LogP) is -2.56. The van der Waals surface area contributed by atoms with E-state index in [0.29, 0.717) is 13.0 Å². The average molecular weight is 186 g/mol. The third-order valence-electron chi connectivity index (χ3n) is 1.65. The third-order valence-corrected chi connectivity index (χ3v) is 2.50. The Morgan fingerprint density at radius 2 is 2.18 bits per heavy atom. The van der Waals surface area contributed by atoms with E-state index in [1.807, 2.05) is 13.8 Å². The van der Waals surface area contributed by atoms with E-state index < -0.39 is 11.1 Å². The van der Waals surface area contributed by atoms with Gasteiger partial charge in [0.1, 0.15) is 0 Å². The van der Waals surface area contributed by atoms with Gasteiger partial charge in [-0.2, -0.15) is 0 Å². The minimum absolute atomic E-state index is 0. The normalized spacial score (nSPS) is 31.0. The van der Waals surface area contributed by atoms with Crippen LogP contribution in [0.2, 0.25) is 0 Å². The summed E-state index contributed by atoms with van der Waals surface area (Å²) >= 11 is -1.96. The Morgan fingerprint density at radius 1 is 1.64 bits per heavy atom. The van der Waals surface area contributed by atoms with Gasteiger partial charge >= 0.3 is 29.6 Å². The molecule has 1 aliphatic rings. The maximum atomic E-state index is 10.4. The molecule has 0 bridgehead atoms. The van der Waals surface area contributed by atoms with Crippen molar-refractivity contribution in [3.8, 4) is 0 Å². The first-order valence-corrected chi connectivity index (χ1v) is 4.37. The summed E-state index contributed by atoms with van der Waals surface area (Å²) in [5, 5.41) is -0.296. The van der Waals surface area contributed by atoms with Gasteiger partial charge in [-0.1, -0.05) is 0 Å². The molecule has 60 valence electrons. The Hall–Kier alpha value is 1.07. The molecule has 0 aliphatic carbocycles. The molecule has 1 rings (SSSR count). The van der Waals surface area contributed by atoms with Crippen LogP contribution in [0.4, 0.5) is 0 Å². The van der Waals surface area contributed by atoms with Crippen molar-refractivity contribution >= 4 is 11.1 Å². The minimum atomic E-state index is -1.96. The van der Waals surface area contributed by atoms with Crippen LogP contribution in [0, 0.1) is 0 Å². The fourth-order valence-corrected chi connectivity index (χ4v) is 1.82. The standard InChI is InChI=1S/C6H12O3S.Na/c1-6(2)3-5(4-9-6)10(7)8;/h5H,3-4H2,1-2H3,(H,7,8);/q;+1/p-1. The van der Waals surface area contributed by atoms with Gasteiger partial charge in [0.25, 0.3) is 0 Å². The second-order valence-corrected chi connectivity index (χ2v) is 4.34. The van der Waals surface area contributed by atoms with Crippen LogP contribution in [-0.4, -0.2) is 26.2 Å². The topological polar surface area (TPSA) is 49.4 Å². The van der Waals surface area contributed by atoms with Crippen molar-refractivity contribution in [1.82, 2.24) is 0 Å². The molecule has 1 saturated heterocycles. The summed E-state index contributed by atoms with van der Waals surface area (Å²) in [6, 6.07) is 0. The zero-order chi connectivity index (χ0) is 7.78. The van der Waals surface area contributed by atoms with Crippen LogP contribution in [0.25, 0.3) is 0 Å². The predicted molar refractivity (Wildman–Crippen MR) is 37.4 cm³/mol. The van der Waals surface area contributed by atoms with Gasteiger partial charge in [-0.3, -0.25) is 4.21 Å². The van der Waals surface area contributed by atoms with Gasteiger partial charge in [0, 0.05) is 5.25 Å². The molecule has 0 saturated carbocycles. The Labute approximate surface area is 91.5 Å². The van der Waals surface area contributed by atoms with Crippen molar-refractivity contribution in [2.24, 2.45) is 0 Å². The Balaban J connectivity index is 0.000001000. The molecule has 2 unspecified atom stereocenters. The van der Waals surface area contributed by atoms with Gasteiger partial charge in [-0.15, -0.1) is 0 Å². The molecule has 0 spiro atoms. The summed E-state index contributed by atoms with van der Waals surface area (Å²) in [5.74, 6) is 0. The van der Waals surface area contributed by atoms with Crippen LogP contribution in [0.5, 0.6) is 0 Å². The zero-order valence-electron chi connectivity index (χ0n) is 7.12. The Morgan fingerprint density at radius 3 is 2.36 bits per heavy atom. The summed E-state index contributed by atoms with van der Waals surface area (Å²) < 4.78 is 26.0. The molecule has 1 heterocycles. The molecule has 0 amide bonds. The van der Waals surface area contributed by atoms with Crippen LogP contribution in [-0.2, 0) is 15.8 Å². The van der Waals surface area contributed by atoms with Crippen LogP contribution in [0.1, 0.15) is 20.3 Å². The molecule has 0 aromatic carbocycles. The fourth-order valence-electron chi connectivity index (χ4n) is 1.11. The Kier molecular flexibility index (Phi) is 4.77. The third kappa shape index (κ3) is 3.53. The molecule has 2 atom stereocenters. The van der Waals surface area contributed by atoms with Gasteiger partial charge in [0.05, 0.1) is 12.2 Å². The molecule has 0 N–H and O–H groups in total. The minimum Gasteiger partial charge on any atom is -0.772 e. The van der Waals surface area contributed by atoms with E-state index in [0.717, 1.165) is 0 Å². The summed E-state index contributed by atoms with van der Waals surface area (Å²) in [6.07, 6.45) is 0.614. The van der Waals surface area contributed by atoms with Crippen LogP contribution in [0.15, 0.2) is 0 Å². The second-order valence-electron chi connectivity index (χ2n) is 3.16. The van der Waals surface area contributed by atoms with Crippen molar-refractivity contribution in [3.63, 3.8) is 0 Å². The monoisotopic (exact) mass is 186 g/mol. The SMILES string of the molecule is CC1(C)CC(S(=O)[O-])CO1.[Na+]. The van der Waals surface area contributed by atoms with Crippen LogP contribution < -0.4 is 29.6 Å². The number of hydrogen-bond acceptors (Lipinski definition) is 3. The molecule has 0 aromatic rings. The molecule has 0 aromatic heterocycles. The zero-order valence-corrected chi connectivity index (χ0v) is 9.94. The van der Waals surface area contributed by atoms with E-state index in [1.165, 1.54) is 0 Å².